The number of benzene rings is 1. The molecule has 2 aromatic heterocycles. The molecule has 4 rings (SSSR count). The lowest BCUT2D eigenvalue weighted by Gasteiger charge is -2.38. The van der Waals surface area contributed by atoms with E-state index < -0.39 is 31.4 Å². The molecule has 1 unspecified atom stereocenters. The number of nitrogens with zero attached hydrogens (tertiary/aromatic N) is 4. The molecule has 0 amide bonds. The lowest BCUT2D eigenvalue weighted by atomic mass is 10.1. The fourth-order valence-corrected chi connectivity index (χ4v) is 8.08. The van der Waals surface area contributed by atoms with Crippen LogP contribution in [0.3, 0.4) is 0 Å². The number of esters is 1. The Morgan fingerprint density at radius 2 is 1.89 bits per heavy atom. The Morgan fingerprint density at radius 1 is 1.18 bits per heavy atom. The predicted octanol–water partition coefficient (Wildman–Crippen LogP) is 6.48. The zero-order valence-electron chi connectivity index (χ0n) is 25.3. The van der Waals surface area contributed by atoms with Gasteiger partial charge in [0.25, 0.3) is 0 Å². The van der Waals surface area contributed by atoms with Crippen LogP contribution in [0.2, 0.25) is 10.0 Å². The Balaban J connectivity index is 1.43. The molecule has 3 N–H and O–H groups in total. The van der Waals surface area contributed by atoms with Crippen LogP contribution < -0.4 is 15.6 Å². The summed E-state index contributed by atoms with van der Waals surface area (Å²) in [5.74, 6) is -0.611. The van der Waals surface area contributed by atoms with Crippen LogP contribution in [0.25, 0.3) is 11.1 Å². The van der Waals surface area contributed by atoms with Gasteiger partial charge in [0.05, 0.1) is 23.4 Å². The third-order valence-corrected chi connectivity index (χ3v) is 10.7. The van der Waals surface area contributed by atoms with Crippen molar-refractivity contribution in [3.8, 4) is 16.9 Å². The summed E-state index contributed by atoms with van der Waals surface area (Å²) in [6.45, 7) is 7.91. The number of hydrogen-bond donors (Lipinski definition) is 2. The molecule has 3 aromatic rings. The zero-order chi connectivity index (χ0) is 32.2. The van der Waals surface area contributed by atoms with E-state index in [2.05, 4.69) is 15.2 Å². The average molecular weight is 672 g/mol. The van der Waals surface area contributed by atoms with Gasteiger partial charge in [0.1, 0.15) is 24.3 Å². The minimum atomic E-state index is -3.20. The summed E-state index contributed by atoms with van der Waals surface area (Å²) in [5.41, 5.74) is 7.92. The maximum Gasteiger partial charge on any atom is 0.323 e. The van der Waals surface area contributed by atoms with E-state index >= 15 is 0 Å². The lowest BCUT2D eigenvalue weighted by molar-refractivity contribution is -0.149. The second kappa shape index (κ2) is 14.6. The number of anilines is 1. The second-order valence-corrected chi connectivity index (χ2v) is 14.2. The highest BCUT2D eigenvalue weighted by Gasteiger charge is 2.37. The fraction of sp³-hybridized carbons (Fsp3) is 0.483. The molecule has 44 heavy (non-hydrogen) atoms. The smallest absolute Gasteiger partial charge is 0.323 e. The number of methoxy groups -OCH3 is 1. The molecular weight excluding hydrogens is 633 g/mol. The van der Waals surface area contributed by atoms with Crippen molar-refractivity contribution in [2.24, 2.45) is 0 Å². The Morgan fingerprint density at radius 3 is 2.55 bits per heavy atom. The molecule has 3 heterocycles. The molecule has 0 bridgehead atoms. The lowest BCUT2D eigenvalue weighted by Crippen LogP contribution is -2.43. The second-order valence-electron chi connectivity index (χ2n) is 11.0. The SMILES string of the molecule is COCP(=O)(N[C@@H](C)C(=O)OC(C)C)N1CCC(n2cc(-c3cnc(N)c(O[C@H](C)c4c(Cl)ccc(F)c4Cl)c3)cn2)CC1. The van der Waals surface area contributed by atoms with E-state index in [0.29, 0.717) is 37.2 Å². The van der Waals surface area contributed by atoms with Crippen molar-refractivity contribution in [2.45, 2.75) is 64.8 Å². The van der Waals surface area contributed by atoms with E-state index in [1.165, 1.54) is 19.2 Å². The van der Waals surface area contributed by atoms with Gasteiger partial charge in [-0.3, -0.25) is 14.0 Å². The molecule has 1 aromatic carbocycles. The molecule has 11 nitrogen and oxygen atoms in total. The van der Waals surface area contributed by atoms with Crippen LogP contribution in [0.1, 0.15) is 58.2 Å². The first kappa shape index (κ1) is 34.1. The summed E-state index contributed by atoms with van der Waals surface area (Å²) in [4.78, 5) is 16.6. The molecular formula is C29H38Cl2FN6O5P. The van der Waals surface area contributed by atoms with Crippen LogP contribution in [-0.2, 0) is 18.8 Å². The van der Waals surface area contributed by atoms with Crippen molar-refractivity contribution < 1.29 is 28.0 Å². The average Bonchev–Trinajstić information content (AvgIpc) is 3.47. The van der Waals surface area contributed by atoms with E-state index in [0.717, 1.165) is 11.1 Å². The van der Waals surface area contributed by atoms with E-state index in [1.807, 2.05) is 15.5 Å². The van der Waals surface area contributed by atoms with Gasteiger partial charge in [0.2, 0.25) is 7.44 Å². The highest BCUT2D eigenvalue weighted by Crippen LogP contribution is 2.48. The molecule has 0 spiro atoms. The van der Waals surface area contributed by atoms with Crippen LogP contribution in [0.15, 0.2) is 36.8 Å². The maximum atomic E-state index is 14.1. The summed E-state index contributed by atoms with van der Waals surface area (Å²) in [6.07, 6.45) is 5.62. The van der Waals surface area contributed by atoms with E-state index in [9.17, 15) is 13.8 Å². The molecule has 0 radical (unpaired) electrons. The first-order chi connectivity index (χ1) is 20.8. The van der Waals surface area contributed by atoms with Crippen molar-refractivity contribution >= 4 is 42.4 Å². The van der Waals surface area contributed by atoms with Crippen molar-refractivity contribution in [1.29, 1.82) is 0 Å². The van der Waals surface area contributed by atoms with Crippen molar-refractivity contribution in [3.05, 3.63) is 58.2 Å². The van der Waals surface area contributed by atoms with Gasteiger partial charge < -0.3 is 19.9 Å². The van der Waals surface area contributed by atoms with Crippen LogP contribution >= 0.6 is 30.6 Å². The number of aromatic nitrogens is 3. The summed E-state index contributed by atoms with van der Waals surface area (Å²) in [5, 5.41) is 7.73. The van der Waals surface area contributed by atoms with Crippen molar-refractivity contribution in [3.63, 3.8) is 0 Å². The normalized spacial score (nSPS) is 17.3. The topological polar surface area (TPSA) is 134 Å². The molecule has 3 atom stereocenters. The van der Waals surface area contributed by atoms with Crippen molar-refractivity contribution in [1.82, 2.24) is 24.5 Å². The number of piperidine rings is 1. The molecule has 0 aliphatic carbocycles. The number of carbonyl (C=O) groups excluding carboxylic acids is 1. The van der Waals surface area contributed by atoms with Gasteiger partial charge in [0, 0.05) is 54.3 Å². The molecule has 240 valence electrons. The highest BCUT2D eigenvalue weighted by atomic mass is 35.5. The van der Waals surface area contributed by atoms with Gasteiger partial charge in [0.15, 0.2) is 11.6 Å². The van der Waals surface area contributed by atoms with Gasteiger partial charge in [-0.05, 0) is 58.7 Å². The number of nitrogen functional groups attached to an aromatic ring is 1. The number of carbonyl (C=O) groups is 1. The number of halogens is 3. The molecule has 1 saturated heterocycles. The summed E-state index contributed by atoms with van der Waals surface area (Å²) in [6, 6.07) is 3.67. The Kier molecular flexibility index (Phi) is 11.3. The number of rotatable bonds is 12. The number of pyridine rings is 1. The monoisotopic (exact) mass is 670 g/mol. The molecule has 15 heteroatoms. The molecule has 1 aliphatic heterocycles. The Labute approximate surface area is 266 Å². The van der Waals surface area contributed by atoms with Gasteiger partial charge in [-0.1, -0.05) is 23.2 Å². The quantitative estimate of drug-likeness (QED) is 0.125. The van der Waals surface area contributed by atoms with Crippen LogP contribution in [0.5, 0.6) is 5.75 Å². The predicted molar refractivity (Wildman–Crippen MR) is 168 cm³/mol. The highest BCUT2D eigenvalue weighted by molar-refractivity contribution is 7.59. The van der Waals surface area contributed by atoms with E-state index in [1.54, 1.807) is 46.2 Å². The Bertz CT molecular complexity index is 1520. The third kappa shape index (κ3) is 7.91. The largest absolute Gasteiger partial charge is 0.482 e. The van der Waals surface area contributed by atoms with E-state index in [-0.39, 0.29) is 34.4 Å². The zero-order valence-corrected chi connectivity index (χ0v) is 27.7. The van der Waals surface area contributed by atoms with Crippen molar-refractivity contribution in [2.75, 3.05) is 32.3 Å². The van der Waals surface area contributed by atoms with Gasteiger partial charge in [-0.15, -0.1) is 0 Å². The van der Waals surface area contributed by atoms with E-state index in [4.69, 9.17) is 43.1 Å². The van der Waals surface area contributed by atoms with Crippen LogP contribution in [0, 0.1) is 5.82 Å². The first-order valence-electron chi connectivity index (χ1n) is 14.2. The minimum absolute atomic E-state index is 0.0341. The number of hydrogen-bond acceptors (Lipinski definition) is 8. The molecule has 1 fully saturated rings. The molecule has 0 saturated carbocycles. The third-order valence-electron chi connectivity index (χ3n) is 7.28. The Hall–Kier alpha value is -2.73. The van der Waals surface area contributed by atoms with Gasteiger partial charge >= 0.3 is 5.97 Å². The summed E-state index contributed by atoms with van der Waals surface area (Å²) in [7, 11) is -1.72. The maximum absolute atomic E-state index is 14.1. The van der Waals surface area contributed by atoms with Gasteiger partial charge in [-0.25, -0.2) is 19.1 Å². The summed E-state index contributed by atoms with van der Waals surface area (Å²) < 4.78 is 48.3. The number of ether oxygens (including phenoxy) is 3. The minimum Gasteiger partial charge on any atom is -0.482 e. The number of nitrogens with one attached hydrogen (secondary N) is 1. The first-order valence-corrected chi connectivity index (χ1v) is 16.8. The standard InChI is InChI=1S/C29H38Cl2FN6O5P/c1-17(2)42-29(39)18(3)36-44(40,16-41-5)37-10-8-22(9-11-37)38-15-21(14-35-38)20-12-25(28(33)34-13-20)43-19(4)26-23(30)6-7-24(32)27(26)31/h6-7,12-15,17-19,22H,8-11,16H2,1-5H3,(H2,33,34)(H,36,40)/t18-,19+,44?/m0/s1. The van der Waals surface area contributed by atoms with Crippen LogP contribution in [-0.4, -0.2) is 64.1 Å². The fourth-order valence-electron chi connectivity index (χ4n) is 5.06. The van der Waals surface area contributed by atoms with Crippen LogP contribution in [0.4, 0.5) is 10.2 Å². The van der Waals surface area contributed by atoms with Gasteiger partial charge in [-0.2, -0.15) is 5.10 Å². The summed E-state index contributed by atoms with van der Waals surface area (Å²) >= 11 is 12.4. The number of nitrogens with two attached hydrogens (primary N) is 1. The molecule has 1 aliphatic rings.